The molecule has 0 aliphatic heterocycles. The first-order chi connectivity index (χ1) is 9.33. The number of hydrogen-bond donors (Lipinski definition) is 2. The van der Waals surface area contributed by atoms with Crippen LogP contribution in [0.3, 0.4) is 0 Å². The fourth-order valence-electron chi connectivity index (χ4n) is 2.90. The van der Waals surface area contributed by atoms with Crippen LogP contribution in [0.4, 0.5) is 0 Å². The van der Waals surface area contributed by atoms with Crippen molar-refractivity contribution >= 4 is 21.8 Å². The molecule has 1 aromatic carbocycles. The SMILES string of the molecule is CC(C)(N)C(=O)NCC1(c2ccc(Br)cc2)CCCC1. The molecule has 3 nitrogen and oxygen atoms in total. The third-order valence-electron chi connectivity index (χ3n) is 4.19. The molecule has 1 aliphatic rings. The Hall–Kier alpha value is -0.870. The van der Waals surface area contributed by atoms with E-state index in [9.17, 15) is 4.79 Å². The lowest BCUT2D eigenvalue weighted by molar-refractivity contribution is -0.125. The minimum atomic E-state index is -0.820. The topological polar surface area (TPSA) is 55.1 Å². The second-order valence-corrected chi connectivity index (χ2v) is 7.31. The molecule has 0 unspecified atom stereocenters. The monoisotopic (exact) mass is 338 g/mol. The summed E-state index contributed by atoms with van der Waals surface area (Å²) in [5, 5.41) is 3.04. The van der Waals surface area contributed by atoms with Crippen LogP contribution in [0.1, 0.15) is 45.1 Å². The summed E-state index contributed by atoms with van der Waals surface area (Å²) in [6, 6.07) is 8.47. The first kappa shape index (κ1) is 15.5. The van der Waals surface area contributed by atoms with Crippen LogP contribution in [0.5, 0.6) is 0 Å². The molecule has 4 heteroatoms. The molecule has 0 bridgehead atoms. The first-order valence-corrected chi connectivity index (χ1v) is 7.96. The summed E-state index contributed by atoms with van der Waals surface area (Å²) in [7, 11) is 0. The lowest BCUT2D eigenvalue weighted by Crippen LogP contribution is -2.52. The van der Waals surface area contributed by atoms with Crippen LogP contribution in [-0.2, 0) is 10.2 Å². The molecular weight excluding hydrogens is 316 g/mol. The maximum atomic E-state index is 12.0. The number of halogens is 1. The minimum Gasteiger partial charge on any atom is -0.354 e. The number of hydrogen-bond acceptors (Lipinski definition) is 2. The maximum absolute atomic E-state index is 12.0. The third-order valence-corrected chi connectivity index (χ3v) is 4.72. The molecule has 2 rings (SSSR count). The molecule has 0 saturated heterocycles. The van der Waals surface area contributed by atoms with Crippen molar-refractivity contribution in [2.24, 2.45) is 5.73 Å². The van der Waals surface area contributed by atoms with E-state index in [1.807, 2.05) is 0 Å². The normalized spacial score (nSPS) is 18.0. The Morgan fingerprint density at radius 1 is 1.30 bits per heavy atom. The number of carbonyl (C=O) groups excluding carboxylic acids is 1. The Morgan fingerprint density at radius 3 is 2.35 bits per heavy atom. The Morgan fingerprint density at radius 2 is 1.85 bits per heavy atom. The summed E-state index contributed by atoms with van der Waals surface area (Å²) < 4.78 is 1.08. The van der Waals surface area contributed by atoms with Crippen molar-refractivity contribution in [3.63, 3.8) is 0 Å². The van der Waals surface area contributed by atoms with Crippen LogP contribution in [0.15, 0.2) is 28.7 Å². The number of amides is 1. The molecule has 1 aromatic rings. The van der Waals surface area contributed by atoms with Gasteiger partial charge in [-0.3, -0.25) is 4.79 Å². The molecule has 1 aliphatic carbocycles. The zero-order valence-electron chi connectivity index (χ0n) is 12.2. The van der Waals surface area contributed by atoms with Crippen LogP contribution < -0.4 is 11.1 Å². The number of rotatable bonds is 4. The van der Waals surface area contributed by atoms with Gasteiger partial charge in [0.2, 0.25) is 5.91 Å². The summed E-state index contributed by atoms with van der Waals surface area (Å²) in [6.45, 7) is 4.15. The fourth-order valence-corrected chi connectivity index (χ4v) is 3.16. The van der Waals surface area contributed by atoms with E-state index in [1.54, 1.807) is 13.8 Å². The maximum Gasteiger partial charge on any atom is 0.239 e. The molecule has 0 spiro atoms. The van der Waals surface area contributed by atoms with Crippen LogP contribution in [0.2, 0.25) is 0 Å². The van der Waals surface area contributed by atoms with Crippen LogP contribution in [-0.4, -0.2) is 18.0 Å². The van der Waals surface area contributed by atoms with Gasteiger partial charge in [0.25, 0.3) is 0 Å². The zero-order chi connectivity index (χ0) is 14.8. The van der Waals surface area contributed by atoms with Gasteiger partial charge in [0.05, 0.1) is 5.54 Å². The molecule has 0 radical (unpaired) electrons. The Labute approximate surface area is 129 Å². The molecule has 3 N–H and O–H groups in total. The number of nitrogens with two attached hydrogens (primary N) is 1. The highest BCUT2D eigenvalue weighted by Crippen LogP contribution is 2.41. The highest BCUT2D eigenvalue weighted by atomic mass is 79.9. The quantitative estimate of drug-likeness (QED) is 0.886. The second-order valence-electron chi connectivity index (χ2n) is 6.40. The van der Waals surface area contributed by atoms with E-state index in [1.165, 1.54) is 18.4 Å². The van der Waals surface area contributed by atoms with E-state index in [4.69, 9.17) is 5.73 Å². The smallest absolute Gasteiger partial charge is 0.239 e. The van der Waals surface area contributed by atoms with Gasteiger partial charge < -0.3 is 11.1 Å². The third kappa shape index (κ3) is 3.41. The largest absolute Gasteiger partial charge is 0.354 e. The lowest BCUT2D eigenvalue weighted by Gasteiger charge is -2.31. The molecule has 0 heterocycles. The number of nitrogens with one attached hydrogen (secondary N) is 1. The van der Waals surface area contributed by atoms with E-state index in [0.29, 0.717) is 6.54 Å². The van der Waals surface area contributed by atoms with Crippen LogP contribution in [0.25, 0.3) is 0 Å². The molecule has 1 amide bonds. The van der Waals surface area contributed by atoms with Crippen molar-refractivity contribution in [3.8, 4) is 0 Å². The summed E-state index contributed by atoms with van der Waals surface area (Å²) in [5.41, 5.74) is 6.41. The number of benzene rings is 1. The van der Waals surface area contributed by atoms with Crippen molar-refractivity contribution in [1.82, 2.24) is 5.32 Å². The van der Waals surface area contributed by atoms with E-state index < -0.39 is 5.54 Å². The molecule has 1 saturated carbocycles. The van der Waals surface area contributed by atoms with Crippen LogP contribution in [0, 0.1) is 0 Å². The van der Waals surface area contributed by atoms with E-state index in [0.717, 1.165) is 17.3 Å². The summed E-state index contributed by atoms with van der Waals surface area (Å²) >= 11 is 3.47. The van der Waals surface area contributed by atoms with Crippen LogP contribution >= 0.6 is 15.9 Å². The predicted octanol–water partition coefficient (Wildman–Crippen LogP) is 3.11. The number of carbonyl (C=O) groups is 1. The molecule has 0 atom stereocenters. The second kappa shape index (κ2) is 5.86. The average Bonchev–Trinajstić information content (AvgIpc) is 2.85. The fraction of sp³-hybridized carbons (Fsp3) is 0.562. The van der Waals surface area contributed by atoms with Crippen molar-refractivity contribution < 1.29 is 4.79 Å². The van der Waals surface area contributed by atoms with Gasteiger partial charge in [-0.05, 0) is 44.4 Å². The van der Waals surface area contributed by atoms with Gasteiger partial charge >= 0.3 is 0 Å². The van der Waals surface area contributed by atoms with E-state index in [-0.39, 0.29) is 11.3 Å². The minimum absolute atomic E-state index is 0.0710. The Kier molecular flexibility index (Phi) is 4.55. The van der Waals surface area contributed by atoms with Crippen molar-refractivity contribution in [2.45, 2.75) is 50.5 Å². The van der Waals surface area contributed by atoms with Gasteiger partial charge in [-0.1, -0.05) is 40.9 Å². The standard InChI is InChI=1S/C16H23BrN2O/c1-15(2,18)14(20)19-11-16(9-3-4-10-16)12-5-7-13(17)8-6-12/h5-8H,3-4,9-11,18H2,1-2H3,(H,19,20). The van der Waals surface area contributed by atoms with Gasteiger partial charge in [0, 0.05) is 16.4 Å². The zero-order valence-corrected chi connectivity index (χ0v) is 13.8. The summed E-state index contributed by atoms with van der Waals surface area (Å²) in [6.07, 6.45) is 4.69. The summed E-state index contributed by atoms with van der Waals surface area (Å²) in [4.78, 5) is 12.0. The summed E-state index contributed by atoms with van der Waals surface area (Å²) in [5.74, 6) is -0.0825. The van der Waals surface area contributed by atoms with Crippen molar-refractivity contribution in [1.29, 1.82) is 0 Å². The lowest BCUT2D eigenvalue weighted by atomic mass is 9.78. The predicted molar refractivity (Wildman–Crippen MR) is 85.6 cm³/mol. The molecule has 20 heavy (non-hydrogen) atoms. The highest BCUT2D eigenvalue weighted by Gasteiger charge is 2.36. The Bertz CT molecular complexity index is 470. The van der Waals surface area contributed by atoms with Gasteiger partial charge in [0.1, 0.15) is 0 Å². The van der Waals surface area contributed by atoms with Gasteiger partial charge in [-0.2, -0.15) is 0 Å². The highest BCUT2D eigenvalue weighted by molar-refractivity contribution is 9.10. The molecule has 0 aromatic heterocycles. The van der Waals surface area contributed by atoms with Gasteiger partial charge in [-0.15, -0.1) is 0 Å². The average molecular weight is 339 g/mol. The van der Waals surface area contributed by atoms with Crippen molar-refractivity contribution in [3.05, 3.63) is 34.3 Å². The van der Waals surface area contributed by atoms with Gasteiger partial charge in [-0.25, -0.2) is 0 Å². The Balaban J connectivity index is 2.14. The molecular formula is C16H23BrN2O. The van der Waals surface area contributed by atoms with E-state index >= 15 is 0 Å². The van der Waals surface area contributed by atoms with Gasteiger partial charge in [0.15, 0.2) is 0 Å². The molecule has 110 valence electrons. The van der Waals surface area contributed by atoms with E-state index in [2.05, 4.69) is 45.5 Å². The first-order valence-electron chi connectivity index (χ1n) is 7.17. The van der Waals surface area contributed by atoms with Crippen molar-refractivity contribution in [2.75, 3.05) is 6.54 Å². The molecule has 1 fully saturated rings.